The number of pyridine rings is 1. The van der Waals surface area contributed by atoms with Gasteiger partial charge in [0.25, 0.3) is 0 Å². The number of benzene rings is 1. The highest BCUT2D eigenvalue weighted by atomic mass is 35.5. The van der Waals surface area contributed by atoms with Gasteiger partial charge in [0, 0.05) is 18.8 Å². The lowest BCUT2D eigenvalue weighted by molar-refractivity contribution is -0.154. The van der Waals surface area contributed by atoms with Crippen molar-refractivity contribution in [2.75, 3.05) is 6.61 Å². The van der Waals surface area contributed by atoms with Gasteiger partial charge in [0.05, 0.1) is 11.4 Å². The molecule has 0 aliphatic carbocycles. The minimum Gasteiger partial charge on any atom is -0.468 e. The van der Waals surface area contributed by atoms with E-state index in [0.717, 1.165) is 0 Å². The highest BCUT2D eigenvalue weighted by Gasteiger charge is 2.28. The Balaban J connectivity index is 1.90. The molecule has 0 saturated carbocycles. The van der Waals surface area contributed by atoms with Crippen molar-refractivity contribution in [1.82, 2.24) is 10.3 Å². The summed E-state index contributed by atoms with van der Waals surface area (Å²) in [4.78, 5) is 15.6. The van der Waals surface area contributed by atoms with Gasteiger partial charge in [0.1, 0.15) is 5.82 Å². The average molecular weight is 377 g/mol. The van der Waals surface area contributed by atoms with Gasteiger partial charge in [0.15, 0.2) is 6.61 Å². The summed E-state index contributed by atoms with van der Waals surface area (Å²) >= 11 is 5.78. The van der Waals surface area contributed by atoms with Gasteiger partial charge < -0.3 is 10.1 Å². The Kier molecular flexibility index (Phi) is 6.19. The lowest BCUT2D eigenvalue weighted by Gasteiger charge is -2.10. The number of hydrogen-bond donors (Lipinski definition) is 1. The standard InChI is InChI=1S/C16H13ClF4N2O2/c17-15-11(2-1-3-12(15)18)7-13(24)23-8-10-4-5-22-14(6-10)25-9-16(19,20)21/h1-6H,7-9H2,(H,23,24). The third-order valence-corrected chi connectivity index (χ3v) is 3.48. The predicted octanol–water partition coefficient (Wildman–Crippen LogP) is 3.67. The van der Waals surface area contributed by atoms with E-state index in [9.17, 15) is 22.4 Å². The summed E-state index contributed by atoms with van der Waals surface area (Å²) in [6.07, 6.45) is -3.31. The van der Waals surface area contributed by atoms with E-state index < -0.39 is 24.5 Å². The van der Waals surface area contributed by atoms with Crippen LogP contribution in [0, 0.1) is 5.82 Å². The second kappa shape index (κ2) is 8.15. The lowest BCUT2D eigenvalue weighted by atomic mass is 10.1. The molecule has 9 heteroatoms. The number of ether oxygens (including phenoxy) is 1. The van der Waals surface area contributed by atoms with Crippen LogP contribution in [-0.4, -0.2) is 23.7 Å². The first kappa shape index (κ1) is 19.0. The Morgan fingerprint density at radius 1 is 1.28 bits per heavy atom. The Labute approximate surface area is 145 Å². The van der Waals surface area contributed by atoms with Gasteiger partial charge >= 0.3 is 6.18 Å². The van der Waals surface area contributed by atoms with Crippen LogP contribution >= 0.6 is 11.6 Å². The van der Waals surface area contributed by atoms with Crippen LogP contribution in [0.15, 0.2) is 36.5 Å². The van der Waals surface area contributed by atoms with Crippen molar-refractivity contribution in [1.29, 1.82) is 0 Å². The molecule has 1 heterocycles. The number of nitrogens with one attached hydrogen (secondary N) is 1. The van der Waals surface area contributed by atoms with Gasteiger partial charge in [-0.3, -0.25) is 4.79 Å². The Morgan fingerprint density at radius 2 is 2.04 bits per heavy atom. The number of nitrogens with zero attached hydrogens (tertiary/aromatic N) is 1. The van der Waals surface area contributed by atoms with E-state index in [2.05, 4.69) is 15.0 Å². The Morgan fingerprint density at radius 3 is 2.76 bits per heavy atom. The molecule has 134 valence electrons. The van der Waals surface area contributed by atoms with E-state index in [0.29, 0.717) is 11.1 Å². The second-order valence-electron chi connectivity index (χ2n) is 5.07. The fourth-order valence-electron chi connectivity index (χ4n) is 1.92. The van der Waals surface area contributed by atoms with Gasteiger partial charge in [-0.25, -0.2) is 9.37 Å². The fourth-order valence-corrected chi connectivity index (χ4v) is 2.11. The molecule has 0 radical (unpaired) electrons. The molecule has 25 heavy (non-hydrogen) atoms. The van der Waals surface area contributed by atoms with E-state index in [1.54, 1.807) is 0 Å². The number of amides is 1. The Hall–Kier alpha value is -2.35. The van der Waals surface area contributed by atoms with Crippen LogP contribution in [0.5, 0.6) is 5.88 Å². The SMILES string of the molecule is O=C(Cc1cccc(F)c1Cl)NCc1ccnc(OCC(F)(F)F)c1. The molecular formula is C16H13ClF4N2O2. The summed E-state index contributed by atoms with van der Waals surface area (Å²) < 4.78 is 54.2. The molecule has 0 unspecified atom stereocenters. The molecule has 1 amide bonds. The predicted molar refractivity (Wildman–Crippen MR) is 82.7 cm³/mol. The summed E-state index contributed by atoms with van der Waals surface area (Å²) in [7, 11) is 0. The molecule has 0 spiro atoms. The summed E-state index contributed by atoms with van der Waals surface area (Å²) in [6, 6.07) is 6.97. The molecule has 0 aliphatic heterocycles. The molecule has 2 aromatic rings. The van der Waals surface area contributed by atoms with Crippen molar-refractivity contribution in [3.05, 3.63) is 58.5 Å². The quantitative estimate of drug-likeness (QED) is 0.783. The monoisotopic (exact) mass is 376 g/mol. The van der Waals surface area contributed by atoms with Crippen LogP contribution in [0.25, 0.3) is 0 Å². The topological polar surface area (TPSA) is 51.2 Å². The van der Waals surface area contributed by atoms with E-state index in [1.165, 1.54) is 36.5 Å². The molecule has 4 nitrogen and oxygen atoms in total. The summed E-state index contributed by atoms with van der Waals surface area (Å²) in [5.74, 6) is -1.23. The first-order valence-electron chi connectivity index (χ1n) is 7.08. The second-order valence-corrected chi connectivity index (χ2v) is 5.45. The van der Waals surface area contributed by atoms with Gasteiger partial charge in [-0.1, -0.05) is 23.7 Å². The van der Waals surface area contributed by atoms with Crippen molar-refractivity contribution in [2.45, 2.75) is 19.1 Å². The zero-order valence-electron chi connectivity index (χ0n) is 12.7. The lowest BCUT2D eigenvalue weighted by Crippen LogP contribution is -2.25. The fraction of sp³-hybridized carbons (Fsp3) is 0.250. The largest absolute Gasteiger partial charge is 0.468 e. The molecule has 1 N–H and O–H groups in total. The van der Waals surface area contributed by atoms with E-state index in [-0.39, 0.29) is 23.9 Å². The van der Waals surface area contributed by atoms with Crippen molar-refractivity contribution < 1.29 is 27.1 Å². The third-order valence-electron chi connectivity index (χ3n) is 3.06. The maximum atomic E-state index is 13.3. The van der Waals surface area contributed by atoms with Gasteiger partial charge in [-0.15, -0.1) is 0 Å². The summed E-state index contributed by atoms with van der Waals surface area (Å²) in [6.45, 7) is -1.40. The molecular weight excluding hydrogens is 364 g/mol. The van der Waals surface area contributed by atoms with Crippen LogP contribution in [0.1, 0.15) is 11.1 Å². The highest BCUT2D eigenvalue weighted by molar-refractivity contribution is 6.31. The number of halogens is 5. The maximum absolute atomic E-state index is 13.3. The number of carbonyl (C=O) groups excluding carboxylic acids is 1. The zero-order valence-corrected chi connectivity index (χ0v) is 13.5. The maximum Gasteiger partial charge on any atom is 0.422 e. The molecule has 1 aromatic carbocycles. The summed E-state index contributed by atoms with van der Waals surface area (Å²) in [5, 5.41) is 2.45. The number of carbonyl (C=O) groups is 1. The highest BCUT2D eigenvalue weighted by Crippen LogP contribution is 2.20. The molecule has 0 atom stereocenters. The number of hydrogen-bond acceptors (Lipinski definition) is 3. The minimum absolute atomic E-state index is 0.0522. The molecule has 1 aromatic heterocycles. The summed E-state index contributed by atoms with van der Waals surface area (Å²) in [5.41, 5.74) is 0.842. The number of rotatable bonds is 6. The normalized spacial score (nSPS) is 11.2. The number of aromatic nitrogens is 1. The van der Waals surface area contributed by atoms with E-state index in [1.807, 2.05) is 0 Å². The van der Waals surface area contributed by atoms with Crippen LogP contribution in [0.4, 0.5) is 17.6 Å². The number of alkyl halides is 3. The van der Waals surface area contributed by atoms with Gasteiger partial charge in [0.2, 0.25) is 11.8 Å². The van der Waals surface area contributed by atoms with Crippen molar-refractivity contribution in [3.63, 3.8) is 0 Å². The van der Waals surface area contributed by atoms with Crippen LogP contribution < -0.4 is 10.1 Å². The van der Waals surface area contributed by atoms with Crippen molar-refractivity contribution in [2.24, 2.45) is 0 Å². The zero-order chi connectivity index (χ0) is 18.4. The van der Waals surface area contributed by atoms with Crippen LogP contribution in [-0.2, 0) is 17.8 Å². The van der Waals surface area contributed by atoms with Crippen molar-refractivity contribution in [3.8, 4) is 5.88 Å². The van der Waals surface area contributed by atoms with Gasteiger partial charge in [-0.2, -0.15) is 13.2 Å². The van der Waals surface area contributed by atoms with Crippen LogP contribution in [0.2, 0.25) is 5.02 Å². The first-order chi connectivity index (χ1) is 11.7. The minimum atomic E-state index is -4.46. The molecule has 0 fully saturated rings. The first-order valence-corrected chi connectivity index (χ1v) is 7.46. The third kappa shape index (κ3) is 6.22. The Bertz CT molecular complexity index is 753. The molecule has 0 bridgehead atoms. The van der Waals surface area contributed by atoms with Gasteiger partial charge in [-0.05, 0) is 23.3 Å². The van der Waals surface area contributed by atoms with E-state index in [4.69, 9.17) is 11.6 Å². The average Bonchev–Trinajstić information content (AvgIpc) is 2.55. The van der Waals surface area contributed by atoms with E-state index >= 15 is 0 Å². The van der Waals surface area contributed by atoms with Crippen molar-refractivity contribution >= 4 is 17.5 Å². The molecule has 0 aliphatic rings. The molecule has 0 saturated heterocycles. The smallest absolute Gasteiger partial charge is 0.422 e. The molecule has 2 rings (SSSR count). The van der Waals surface area contributed by atoms with Crippen LogP contribution in [0.3, 0.4) is 0 Å².